The summed E-state index contributed by atoms with van der Waals surface area (Å²) in [7, 11) is 0. The Balaban J connectivity index is 1.79. The molecule has 0 radical (unpaired) electrons. The molecule has 2 N–H and O–H groups in total. The lowest BCUT2D eigenvalue weighted by atomic mass is 9.96. The van der Waals surface area contributed by atoms with Gasteiger partial charge in [-0.1, -0.05) is 36.9 Å². The van der Waals surface area contributed by atoms with Crippen LogP contribution < -0.4 is 5.32 Å². The predicted molar refractivity (Wildman–Crippen MR) is 101 cm³/mol. The standard InChI is InChI=1S/C19H18N6O6/c1-2-13(26)21-12-8-23(19(29)16-22-20-10-31-16)14-9-24(30)18(28)15(25(14)17(12)27)11-6-4-3-5-7-11/h2-7,10,12,14-15,30H,1,8-9H2,(H,21,26)/t12-,14?,15+/m1/s1. The molecule has 0 aliphatic carbocycles. The van der Waals surface area contributed by atoms with E-state index in [-0.39, 0.29) is 19.0 Å². The summed E-state index contributed by atoms with van der Waals surface area (Å²) in [5.74, 6) is -2.99. The van der Waals surface area contributed by atoms with Crippen LogP contribution in [0.2, 0.25) is 0 Å². The summed E-state index contributed by atoms with van der Waals surface area (Å²) in [6.07, 6.45) is 0.943. The molecule has 2 aromatic rings. The fourth-order valence-electron chi connectivity index (χ4n) is 3.75. The molecule has 0 spiro atoms. The summed E-state index contributed by atoms with van der Waals surface area (Å²) < 4.78 is 4.99. The first-order chi connectivity index (χ1) is 14.9. The minimum atomic E-state index is -1.21. The number of fused-ring (bicyclic) bond motifs is 1. The number of piperazine rings is 1. The molecule has 1 aromatic heterocycles. The molecule has 0 bridgehead atoms. The van der Waals surface area contributed by atoms with Crippen LogP contribution >= 0.6 is 0 Å². The molecule has 1 unspecified atom stereocenters. The first kappa shape index (κ1) is 20.2. The van der Waals surface area contributed by atoms with Crippen molar-refractivity contribution in [1.29, 1.82) is 0 Å². The second-order valence-corrected chi connectivity index (χ2v) is 6.93. The van der Waals surface area contributed by atoms with Gasteiger partial charge in [-0.05, 0) is 11.6 Å². The van der Waals surface area contributed by atoms with Crippen molar-refractivity contribution in [1.82, 2.24) is 30.4 Å². The van der Waals surface area contributed by atoms with Crippen molar-refractivity contribution in [2.45, 2.75) is 18.2 Å². The number of nitrogens with one attached hydrogen (secondary N) is 1. The Bertz CT molecular complexity index is 1030. The van der Waals surface area contributed by atoms with E-state index in [1.165, 1.54) is 9.80 Å². The third-order valence-corrected chi connectivity index (χ3v) is 5.14. The van der Waals surface area contributed by atoms with Gasteiger partial charge in [-0.3, -0.25) is 24.4 Å². The van der Waals surface area contributed by atoms with Crippen LogP contribution in [0.4, 0.5) is 0 Å². The van der Waals surface area contributed by atoms with E-state index in [4.69, 9.17) is 4.42 Å². The minimum absolute atomic E-state index is 0.232. The average Bonchev–Trinajstić information content (AvgIpc) is 3.32. The second-order valence-electron chi connectivity index (χ2n) is 6.93. The molecule has 12 nitrogen and oxygen atoms in total. The first-order valence-corrected chi connectivity index (χ1v) is 9.29. The summed E-state index contributed by atoms with van der Waals surface area (Å²) >= 11 is 0. The van der Waals surface area contributed by atoms with Gasteiger partial charge in [0, 0.05) is 0 Å². The number of hydrogen-bond donors (Lipinski definition) is 2. The summed E-state index contributed by atoms with van der Waals surface area (Å²) in [4.78, 5) is 53.5. The second kappa shape index (κ2) is 7.99. The van der Waals surface area contributed by atoms with Crippen LogP contribution in [0.1, 0.15) is 22.3 Å². The third-order valence-electron chi connectivity index (χ3n) is 5.14. The fourth-order valence-corrected chi connectivity index (χ4v) is 3.75. The van der Waals surface area contributed by atoms with Gasteiger partial charge in [0.2, 0.25) is 18.2 Å². The third kappa shape index (κ3) is 3.53. The van der Waals surface area contributed by atoms with Crippen LogP contribution in [0.5, 0.6) is 0 Å². The molecule has 2 aliphatic rings. The Morgan fingerprint density at radius 3 is 2.58 bits per heavy atom. The van der Waals surface area contributed by atoms with Crippen LogP contribution in [-0.2, 0) is 14.4 Å². The normalized spacial score (nSPS) is 23.4. The number of carbonyl (C=O) groups excluding carboxylic acids is 4. The van der Waals surface area contributed by atoms with E-state index in [1.54, 1.807) is 30.3 Å². The maximum Gasteiger partial charge on any atom is 0.313 e. The number of carbonyl (C=O) groups is 4. The highest BCUT2D eigenvalue weighted by Crippen LogP contribution is 2.34. The molecule has 3 heterocycles. The quantitative estimate of drug-likeness (QED) is 0.483. The number of hydroxylamine groups is 2. The van der Waals surface area contributed by atoms with Crippen molar-refractivity contribution in [3.05, 3.63) is 60.8 Å². The highest BCUT2D eigenvalue weighted by Gasteiger charge is 2.53. The van der Waals surface area contributed by atoms with Gasteiger partial charge in [-0.2, -0.15) is 0 Å². The predicted octanol–water partition coefficient (Wildman–Crippen LogP) is -0.676. The van der Waals surface area contributed by atoms with E-state index < -0.39 is 41.9 Å². The Hall–Kier alpha value is -4.06. The fraction of sp³-hybridized carbons (Fsp3) is 0.263. The van der Waals surface area contributed by atoms with E-state index in [0.717, 1.165) is 12.5 Å². The number of amides is 4. The number of benzene rings is 1. The number of nitrogens with zero attached hydrogens (tertiary/aromatic N) is 5. The van der Waals surface area contributed by atoms with Crippen LogP contribution in [0.25, 0.3) is 0 Å². The zero-order valence-corrected chi connectivity index (χ0v) is 16.1. The lowest BCUT2D eigenvalue weighted by Gasteiger charge is -2.52. The van der Waals surface area contributed by atoms with E-state index >= 15 is 0 Å². The molecule has 0 saturated carbocycles. The van der Waals surface area contributed by atoms with Crippen molar-refractivity contribution in [2.75, 3.05) is 13.1 Å². The van der Waals surface area contributed by atoms with Gasteiger partial charge in [0.1, 0.15) is 18.2 Å². The molecule has 3 atom stereocenters. The number of rotatable bonds is 4. The van der Waals surface area contributed by atoms with Crippen LogP contribution in [-0.4, -0.2) is 79.2 Å². The zero-order valence-electron chi connectivity index (χ0n) is 16.1. The lowest BCUT2D eigenvalue weighted by Crippen LogP contribution is -2.73. The summed E-state index contributed by atoms with van der Waals surface area (Å²) in [6.45, 7) is 2.78. The Kier molecular flexibility index (Phi) is 5.21. The Morgan fingerprint density at radius 1 is 1.19 bits per heavy atom. The molecular formula is C19H18N6O6. The Labute approximate surface area is 175 Å². The van der Waals surface area contributed by atoms with Crippen LogP contribution in [0.3, 0.4) is 0 Å². The molecular weight excluding hydrogens is 408 g/mol. The molecule has 2 fully saturated rings. The Morgan fingerprint density at radius 2 is 1.94 bits per heavy atom. The van der Waals surface area contributed by atoms with E-state index in [1.807, 2.05) is 0 Å². The van der Waals surface area contributed by atoms with E-state index in [9.17, 15) is 24.4 Å². The van der Waals surface area contributed by atoms with Crippen LogP contribution in [0, 0.1) is 0 Å². The molecule has 12 heteroatoms. The van der Waals surface area contributed by atoms with Gasteiger partial charge in [0.25, 0.3) is 5.91 Å². The maximum absolute atomic E-state index is 13.3. The summed E-state index contributed by atoms with van der Waals surface area (Å²) in [5, 5.41) is 20.3. The smallest absolute Gasteiger partial charge is 0.313 e. The van der Waals surface area contributed by atoms with Crippen molar-refractivity contribution in [3.8, 4) is 0 Å². The van der Waals surface area contributed by atoms with E-state index in [2.05, 4.69) is 22.1 Å². The molecule has 4 amide bonds. The molecule has 160 valence electrons. The number of aromatic nitrogens is 2. The van der Waals surface area contributed by atoms with Gasteiger partial charge >= 0.3 is 11.8 Å². The summed E-state index contributed by atoms with van der Waals surface area (Å²) in [5.41, 5.74) is 0.436. The monoisotopic (exact) mass is 426 g/mol. The van der Waals surface area contributed by atoms with Gasteiger partial charge in [0.15, 0.2) is 0 Å². The van der Waals surface area contributed by atoms with Gasteiger partial charge in [-0.25, -0.2) is 5.06 Å². The molecule has 31 heavy (non-hydrogen) atoms. The molecule has 2 saturated heterocycles. The topological polar surface area (TPSA) is 149 Å². The summed E-state index contributed by atoms with van der Waals surface area (Å²) in [6, 6.07) is 5.99. The largest absolute Gasteiger partial charge is 0.420 e. The average molecular weight is 426 g/mol. The maximum atomic E-state index is 13.3. The molecule has 2 aliphatic heterocycles. The van der Waals surface area contributed by atoms with Crippen molar-refractivity contribution in [2.24, 2.45) is 0 Å². The SMILES string of the molecule is C=CC(=O)N[C@@H]1CN(C(=O)c2nnco2)C2CN(O)C(=O)[C@H](c3ccccc3)N2C1=O. The zero-order chi connectivity index (χ0) is 22.1. The van der Waals surface area contributed by atoms with Gasteiger partial charge in [0.05, 0.1) is 13.1 Å². The van der Waals surface area contributed by atoms with Crippen molar-refractivity contribution < 1.29 is 28.8 Å². The van der Waals surface area contributed by atoms with Crippen molar-refractivity contribution >= 4 is 23.6 Å². The molecule has 1 aromatic carbocycles. The molecule has 4 rings (SSSR count). The van der Waals surface area contributed by atoms with Crippen molar-refractivity contribution in [3.63, 3.8) is 0 Å². The lowest BCUT2D eigenvalue weighted by molar-refractivity contribution is -0.203. The minimum Gasteiger partial charge on any atom is -0.420 e. The highest BCUT2D eigenvalue weighted by molar-refractivity contribution is 5.98. The first-order valence-electron chi connectivity index (χ1n) is 9.29. The highest BCUT2D eigenvalue weighted by atomic mass is 16.5. The van der Waals surface area contributed by atoms with Crippen LogP contribution in [0.15, 0.2) is 53.8 Å². The van der Waals surface area contributed by atoms with Gasteiger partial charge < -0.3 is 19.5 Å². The van der Waals surface area contributed by atoms with E-state index in [0.29, 0.717) is 10.6 Å². The van der Waals surface area contributed by atoms with Gasteiger partial charge in [-0.15, -0.1) is 10.2 Å². The number of hydrogen-bond acceptors (Lipinski definition) is 8.